The molecule has 0 bridgehead atoms. The Labute approximate surface area is 329 Å². The molecule has 0 aromatic heterocycles. The second-order valence-electron chi connectivity index (χ2n) is 18.4. The van der Waals surface area contributed by atoms with Gasteiger partial charge in [-0.15, -0.1) is 0 Å². The Morgan fingerprint density at radius 1 is 0.566 bits per heavy atom. The van der Waals surface area contributed by atoms with Gasteiger partial charge in [0.25, 0.3) is 0 Å². The van der Waals surface area contributed by atoms with Crippen molar-refractivity contribution in [1.82, 2.24) is 30.2 Å². The number of likely N-dealkylation sites (N-methyl/N-ethyl adjacent to an activating group) is 2. The molecule has 1 aliphatic heterocycles. The van der Waals surface area contributed by atoms with Gasteiger partial charge in [-0.1, -0.05) is 48.5 Å². The van der Waals surface area contributed by atoms with Gasteiger partial charge in [-0.3, -0.25) is 0 Å². The summed E-state index contributed by atoms with van der Waals surface area (Å²) in [6, 6.07) is 0.671. The molecule has 3 aliphatic carbocycles. The highest BCUT2D eigenvalue weighted by Gasteiger charge is 2.35. The Morgan fingerprint density at radius 3 is 1.36 bits per heavy atom. The summed E-state index contributed by atoms with van der Waals surface area (Å²) in [7, 11) is 4.40. The first-order valence-electron chi connectivity index (χ1n) is 22.6. The van der Waals surface area contributed by atoms with Crippen LogP contribution < -0.4 is 10.6 Å². The van der Waals surface area contributed by atoms with Gasteiger partial charge in [-0.2, -0.15) is 0 Å². The fraction of sp³-hybridized carbons (Fsp3) is 1.00. The van der Waals surface area contributed by atoms with Crippen LogP contribution in [-0.4, -0.2) is 157 Å². The van der Waals surface area contributed by atoms with Crippen molar-refractivity contribution in [2.45, 2.75) is 168 Å². The van der Waals surface area contributed by atoms with Gasteiger partial charge in [0, 0.05) is 38.8 Å². The van der Waals surface area contributed by atoms with Gasteiger partial charge in [0.15, 0.2) is 0 Å². The first-order chi connectivity index (χ1) is 25.2. The van der Waals surface area contributed by atoms with Crippen LogP contribution in [0.25, 0.3) is 0 Å². The van der Waals surface area contributed by atoms with Crippen LogP contribution in [0.15, 0.2) is 0 Å². The Bertz CT molecular complexity index is 886. The molecule has 3 saturated carbocycles. The van der Waals surface area contributed by atoms with Crippen molar-refractivity contribution in [3.63, 3.8) is 0 Å². The van der Waals surface area contributed by atoms with Crippen LogP contribution in [0.2, 0.25) is 0 Å². The number of nitrogens with one attached hydrogen (secondary N) is 2. The van der Waals surface area contributed by atoms with Crippen LogP contribution in [0.5, 0.6) is 0 Å². The monoisotopic (exact) mass is 753 g/mol. The van der Waals surface area contributed by atoms with Crippen LogP contribution in [0.4, 0.5) is 0 Å². The standard InChI is InChI=1S/C15H30N2O.C15H32N2O.C14H30N2O/c1-13-4-8-15(18,9-5-13)12-17(3)14-6-10-16(2)11-7-14;1-4-17(5-2)12-6-11-16-13-15(18)9-7-14(3)8-10-15;1-4-16(5-2)11-10-15-12-14(17)8-6-13(3)7-9-14/h13-14,18H,4-12H2,1-3H3;14,16,18H,4-13H2,1-3H3;13,15,17H,4-12H2,1-3H3. The lowest BCUT2D eigenvalue weighted by Gasteiger charge is -2.42. The molecule has 1 saturated heterocycles. The molecular weight excluding hydrogens is 661 g/mol. The summed E-state index contributed by atoms with van der Waals surface area (Å²) in [6.45, 7) is 29.2. The fourth-order valence-electron chi connectivity index (χ4n) is 8.83. The van der Waals surface area contributed by atoms with Gasteiger partial charge in [-0.25, -0.2) is 0 Å². The Morgan fingerprint density at radius 2 is 0.943 bits per heavy atom. The van der Waals surface area contributed by atoms with Crippen molar-refractivity contribution < 1.29 is 15.3 Å². The normalized spacial score (nSPS) is 31.6. The molecule has 0 aromatic rings. The molecule has 1 heterocycles. The third-order valence-electron chi connectivity index (χ3n) is 13.6. The molecule has 9 heteroatoms. The van der Waals surface area contributed by atoms with Gasteiger partial charge in [-0.05, 0) is 181 Å². The lowest BCUT2D eigenvalue weighted by atomic mass is 9.79. The quantitative estimate of drug-likeness (QED) is 0.107. The van der Waals surface area contributed by atoms with Crippen molar-refractivity contribution in [2.75, 3.05) is 99.2 Å². The number of aliphatic hydroxyl groups is 3. The van der Waals surface area contributed by atoms with Crippen molar-refractivity contribution in [3.05, 3.63) is 0 Å². The summed E-state index contributed by atoms with van der Waals surface area (Å²) in [6.07, 6.45) is 16.6. The number of hydrogen-bond acceptors (Lipinski definition) is 9. The topological polar surface area (TPSA) is 97.7 Å². The molecule has 4 aliphatic rings. The third kappa shape index (κ3) is 20.1. The van der Waals surface area contributed by atoms with E-state index in [2.05, 4.69) is 92.8 Å². The van der Waals surface area contributed by atoms with E-state index in [4.69, 9.17) is 0 Å². The molecule has 0 amide bonds. The van der Waals surface area contributed by atoms with Crippen LogP contribution in [0, 0.1) is 17.8 Å². The molecule has 5 N–H and O–H groups in total. The first-order valence-corrected chi connectivity index (χ1v) is 22.6. The molecule has 0 unspecified atom stereocenters. The van der Waals surface area contributed by atoms with E-state index in [1.165, 1.54) is 70.9 Å². The zero-order chi connectivity index (χ0) is 39.3. The SMILES string of the molecule is CC1CCC(O)(CN(C)C2CCN(C)CC2)CC1.CCN(CC)CCCNCC1(O)CCC(C)CC1.CCN(CC)CCNCC1(O)CCC(C)CC1. The molecule has 0 aromatic carbocycles. The highest BCUT2D eigenvalue weighted by molar-refractivity contribution is 4.90. The highest BCUT2D eigenvalue weighted by atomic mass is 16.3. The van der Waals surface area contributed by atoms with E-state index in [0.717, 1.165) is 128 Å². The summed E-state index contributed by atoms with van der Waals surface area (Å²) in [4.78, 5) is 9.67. The molecule has 0 radical (unpaired) electrons. The summed E-state index contributed by atoms with van der Waals surface area (Å²) in [5, 5.41) is 38.4. The Hall–Kier alpha value is -0.360. The molecule has 9 nitrogen and oxygen atoms in total. The maximum absolute atomic E-state index is 10.7. The van der Waals surface area contributed by atoms with E-state index in [9.17, 15) is 15.3 Å². The van der Waals surface area contributed by atoms with E-state index in [1.54, 1.807) is 0 Å². The fourth-order valence-corrected chi connectivity index (χ4v) is 8.83. The number of likely N-dealkylation sites (tertiary alicyclic amines) is 1. The predicted octanol–water partition coefficient (Wildman–Crippen LogP) is 6.06. The van der Waals surface area contributed by atoms with Gasteiger partial charge in [0.2, 0.25) is 0 Å². The second kappa shape index (κ2) is 25.8. The highest BCUT2D eigenvalue weighted by Crippen LogP contribution is 2.34. The summed E-state index contributed by atoms with van der Waals surface area (Å²) in [5.41, 5.74) is -1.28. The maximum atomic E-state index is 10.7. The number of piperidine rings is 1. The van der Waals surface area contributed by atoms with Crippen molar-refractivity contribution in [3.8, 4) is 0 Å². The number of rotatable bonds is 18. The van der Waals surface area contributed by atoms with Crippen LogP contribution in [-0.2, 0) is 0 Å². The van der Waals surface area contributed by atoms with Crippen molar-refractivity contribution in [2.24, 2.45) is 17.8 Å². The summed E-state index contributed by atoms with van der Waals surface area (Å²) >= 11 is 0. The average Bonchev–Trinajstić information content (AvgIpc) is 3.15. The Kier molecular flexibility index (Phi) is 23.8. The van der Waals surface area contributed by atoms with E-state index in [1.807, 2.05) is 0 Å². The Balaban J connectivity index is 0.000000275. The third-order valence-corrected chi connectivity index (χ3v) is 13.6. The first kappa shape index (κ1) is 48.8. The largest absolute Gasteiger partial charge is 0.389 e. The molecule has 0 atom stereocenters. The van der Waals surface area contributed by atoms with Gasteiger partial charge < -0.3 is 45.6 Å². The minimum absolute atomic E-state index is 0.412. The van der Waals surface area contributed by atoms with E-state index in [-0.39, 0.29) is 0 Å². The lowest BCUT2D eigenvalue weighted by molar-refractivity contribution is -0.0421. The number of hydrogen-bond donors (Lipinski definition) is 5. The van der Waals surface area contributed by atoms with E-state index in [0.29, 0.717) is 6.04 Å². The zero-order valence-electron chi connectivity index (χ0n) is 36.7. The maximum Gasteiger partial charge on any atom is 0.0774 e. The lowest BCUT2D eigenvalue weighted by Crippen LogP contribution is -2.50. The summed E-state index contributed by atoms with van der Waals surface area (Å²) < 4.78 is 0. The smallest absolute Gasteiger partial charge is 0.0774 e. The van der Waals surface area contributed by atoms with Gasteiger partial charge >= 0.3 is 0 Å². The van der Waals surface area contributed by atoms with Crippen LogP contribution in [0.3, 0.4) is 0 Å². The van der Waals surface area contributed by atoms with Crippen LogP contribution >= 0.6 is 0 Å². The molecule has 4 fully saturated rings. The van der Waals surface area contributed by atoms with E-state index < -0.39 is 16.8 Å². The second-order valence-corrected chi connectivity index (χ2v) is 18.4. The molecule has 53 heavy (non-hydrogen) atoms. The van der Waals surface area contributed by atoms with Crippen molar-refractivity contribution >= 4 is 0 Å². The minimum atomic E-state index is -0.435. The van der Waals surface area contributed by atoms with Gasteiger partial charge in [0.05, 0.1) is 16.8 Å². The minimum Gasteiger partial charge on any atom is -0.389 e. The summed E-state index contributed by atoms with van der Waals surface area (Å²) in [5.74, 6) is 2.40. The zero-order valence-corrected chi connectivity index (χ0v) is 36.7. The predicted molar refractivity (Wildman–Crippen MR) is 227 cm³/mol. The van der Waals surface area contributed by atoms with Gasteiger partial charge in [0.1, 0.15) is 0 Å². The molecular formula is C44H92N6O3. The van der Waals surface area contributed by atoms with Crippen LogP contribution in [0.1, 0.15) is 145 Å². The molecule has 0 spiro atoms. The number of nitrogens with zero attached hydrogens (tertiary/aromatic N) is 4. The molecule has 316 valence electrons. The van der Waals surface area contributed by atoms with E-state index >= 15 is 0 Å². The van der Waals surface area contributed by atoms with Crippen molar-refractivity contribution in [1.29, 1.82) is 0 Å². The molecule has 4 rings (SSSR count). The average molecular weight is 753 g/mol.